The fourth-order valence-corrected chi connectivity index (χ4v) is 2.43. The van der Waals surface area contributed by atoms with Gasteiger partial charge in [0.1, 0.15) is 11.8 Å². The van der Waals surface area contributed by atoms with Crippen molar-refractivity contribution in [2.75, 3.05) is 20.3 Å². The van der Waals surface area contributed by atoms with Crippen LogP contribution in [0.4, 0.5) is 0 Å². The van der Waals surface area contributed by atoms with Gasteiger partial charge >= 0.3 is 17.9 Å². The van der Waals surface area contributed by atoms with Crippen LogP contribution in [0.3, 0.4) is 0 Å². The quantitative estimate of drug-likeness (QED) is 0.561. The molecule has 0 saturated carbocycles. The Kier molecular flexibility index (Phi) is 6.27. The third kappa shape index (κ3) is 3.52. The van der Waals surface area contributed by atoms with E-state index < -0.39 is 29.7 Å². The molecule has 0 amide bonds. The molecule has 1 unspecified atom stereocenters. The van der Waals surface area contributed by atoms with E-state index in [1.807, 2.05) is 0 Å². The molecule has 1 aliphatic rings. The van der Waals surface area contributed by atoms with Crippen molar-refractivity contribution in [2.45, 2.75) is 27.7 Å². The van der Waals surface area contributed by atoms with Gasteiger partial charge in [0.15, 0.2) is 0 Å². The van der Waals surface area contributed by atoms with Gasteiger partial charge in [-0.3, -0.25) is 14.6 Å². The first-order valence-electron chi connectivity index (χ1n) is 7.06. The molecule has 0 spiro atoms. The lowest BCUT2D eigenvalue weighted by Gasteiger charge is -2.29. The van der Waals surface area contributed by atoms with Crippen LogP contribution in [0.2, 0.25) is 0 Å². The summed E-state index contributed by atoms with van der Waals surface area (Å²) in [6.07, 6.45) is 0. The van der Waals surface area contributed by atoms with E-state index in [0.717, 1.165) is 0 Å². The molecule has 0 aliphatic carbocycles. The number of hydrogen-bond acceptors (Lipinski definition) is 7. The lowest BCUT2D eigenvalue weighted by molar-refractivity contribution is -0.156. The maximum Gasteiger partial charge on any atom is 0.336 e. The molecule has 0 saturated heterocycles. The van der Waals surface area contributed by atoms with Gasteiger partial charge in [-0.2, -0.15) is 0 Å². The summed E-state index contributed by atoms with van der Waals surface area (Å²) in [5.41, 5.74) is 0.781. The maximum atomic E-state index is 12.2. The van der Waals surface area contributed by atoms with Crippen LogP contribution in [0.5, 0.6) is 0 Å². The predicted octanol–water partition coefficient (Wildman–Crippen LogP) is 1.27. The van der Waals surface area contributed by atoms with Crippen LogP contribution in [-0.2, 0) is 28.6 Å². The van der Waals surface area contributed by atoms with Gasteiger partial charge < -0.3 is 14.2 Å². The molecule has 7 heteroatoms. The van der Waals surface area contributed by atoms with Gasteiger partial charge in [-0.15, -0.1) is 0 Å². The van der Waals surface area contributed by atoms with Crippen molar-refractivity contribution in [1.82, 2.24) is 0 Å². The molecule has 0 aromatic rings. The first kappa shape index (κ1) is 17.9. The highest BCUT2D eigenvalue weighted by Crippen LogP contribution is 2.33. The summed E-state index contributed by atoms with van der Waals surface area (Å²) in [6.45, 7) is 6.83. The first-order chi connectivity index (χ1) is 10.4. The molecule has 2 atom stereocenters. The molecule has 22 heavy (non-hydrogen) atoms. The van der Waals surface area contributed by atoms with E-state index in [-0.39, 0.29) is 18.8 Å². The Hall–Kier alpha value is -2.18. The van der Waals surface area contributed by atoms with Crippen LogP contribution in [-0.4, -0.2) is 43.9 Å². The second kappa shape index (κ2) is 7.72. The minimum atomic E-state index is -1.11. The predicted molar refractivity (Wildman–Crippen MR) is 78.1 cm³/mol. The molecule has 0 radical (unpaired) electrons. The second-order valence-corrected chi connectivity index (χ2v) is 4.70. The Balaban J connectivity index is 3.37. The van der Waals surface area contributed by atoms with Gasteiger partial charge in [-0.05, 0) is 27.7 Å². The monoisotopic (exact) mass is 311 g/mol. The van der Waals surface area contributed by atoms with Crippen molar-refractivity contribution in [3.05, 3.63) is 11.3 Å². The third-order valence-electron chi connectivity index (χ3n) is 3.32. The Morgan fingerprint density at radius 2 is 1.59 bits per heavy atom. The Bertz CT molecular complexity index is 534. The minimum Gasteiger partial charge on any atom is -0.469 e. The van der Waals surface area contributed by atoms with E-state index >= 15 is 0 Å². The van der Waals surface area contributed by atoms with Gasteiger partial charge in [0.05, 0.1) is 25.9 Å². The number of allylic oxidation sites excluding steroid dienone is 1. The summed E-state index contributed by atoms with van der Waals surface area (Å²) < 4.78 is 14.7. The van der Waals surface area contributed by atoms with E-state index in [0.29, 0.717) is 11.4 Å². The molecular formula is C15H21NO6. The average molecular weight is 311 g/mol. The number of ether oxygens (including phenoxy) is 3. The van der Waals surface area contributed by atoms with Gasteiger partial charge in [-0.25, -0.2) is 4.79 Å². The molecule has 0 fully saturated rings. The number of carbonyl (C=O) groups excluding carboxylic acids is 3. The lowest BCUT2D eigenvalue weighted by Crippen LogP contribution is -2.42. The summed E-state index contributed by atoms with van der Waals surface area (Å²) >= 11 is 0. The molecule has 1 rings (SSSR count). The molecule has 1 heterocycles. The lowest BCUT2D eigenvalue weighted by atomic mass is 9.80. The van der Waals surface area contributed by atoms with E-state index in [2.05, 4.69) is 4.99 Å². The summed E-state index contributed by atoms with van der Waals surface area (Å²) in [5.74, 6) is -4.10. The fraction of sp³-hybridized carbons (Fsp3) is 0.600. The van der Waals surface area contributed by atoms with Crippen molar-refractivity contribution in [2.24, 2.45) is 16.8 Å². The zero-order chi connectivity index (χ0) is 16.9. The van der Waals surface area contributed by atoms with Gasteiger partial charge in [-0.1, -0.05) is 0 Å². The van der Waals surface area contributed by atoms with Crippen LogP contribution in [0.1, 0.15) is 27.7 Å². The molecule has 1 aliphatic heterocycles. The first-order valence-corrected chi connectivity index (χ1v) is 7.06. The summed E-state index contributed by atoms with van der Waals surface area (Å²) in [7, 11) is 1.20. The number of methoxy groups -OCH3 is 1. The summed E-state index contributed by atoms with van der Waals surface area (Å²) in [4.78, 5) is 40.7. The summed E-state index contributed by atoms with van der Waals surface area (Å²) in [6, 6.07) is 0. The zero-order valence-electron chi connectivity index (χ0n) is 13.5. The summed E-state index contributed by atoms with van der Waals surface area (Å²) in [5, 5.41) is 0. The molecule has 0 N–H and O–H groups in total. The standard InChI is InChI=1S/C15H21NO6/c1-6-21-14(18)10-8(3)16-9(4)11(15(19)22-7-2)12(10)13(17)20-5/h10,12H,6-7H2,1-5H3/t10?,12-/m1/s1. The van der Waals surface area contributed by atoms with Gasteiger partial charge in [0, 0.05) is 11.4 Å². The molecule has 0 bridgehead atoms. The highest BCUT2D eigenvalue weighted by Gasteiger charge is 2.46. The second-order valence-electron chi connectivity index (χ2n) is 4.70. The number of esters is 3. The third-order valence-corrected chi connectivity index (χ3v) is 3.32. The topological polar surface area (TPSA) is 91.3 Å². The van der Waals surface area contributed by atoms with Crippen molar-refractivity contribution in [3.8, 4) is 0 Å². The largest absolute Gasteiger partial charge is 0.469 e. The molecular weight excluding hydrogens is 290 g/mol. The highest BCUT2D eigenvalue weighted by molar-refractivity contribution is 6.10. The van der Waals surface area contributed by atoms with E-state index in [4.69, 9.17) is 14.2 Å². The number of nitrogens with zero attached hydrogens (tertiary/aromatic N) is 1. The number of carbonyl (C=O) groups is 3. The smallest absolute Gasteiger partial charge is 0.336 e. The Labute approximate surface area is 129 Å². The SMILES string of the molecule is CCOC(=O)C1=C(C)N=C(C)C(C(=O)OCC)[C@H]1C(=O)OC. The van der Waals surface area contributed by atoms with Crippen LogP contribution in [0.25, 0.3) is 0 Å². The van der Waals surface area contributed by atoms with Crippen molar-refractivity contribution in [1.29, 1.82) is 0 Å². The molecule has 7 nitrogen and oxygen atoms in total. The maximum absolute atomic E-state index is 12.2. The molecule has 0 aromatic heterocycles. The van der Waals surface area contributed by atoms with Crippen LogP contribution in [0.15, 0.2) is 16.3 Å². The normalized spacial score (nSPS) is 21.0. The van der Waals surface area contributed by atoms with E-state index in [9.17, 15) is 14.4 Å². The highest BCUT2D eigenvalue weighted by atomic mass is 16.5. The molecule has 0 aromatic carbocycles. The van der Waals surface area contributed by atoms with Crippen LogP contribution >= 0.6 is 0 Å². The number of rotatable bonds is 5. The van der Waals surface area contributed by atoms with Gasteiger partial charge in [0.2, 0.25) is 0 Å². The minimum absolute atomic E-state index is 0.0392. The van der Waals surface area contributed by atoms with Crippen molar-refractivity contribution >= 4 is 23.6 Å². The van der Waals surface area contributed by atoms with Gasteiger partial charge in [0.25, 0.3) is 0 Å². The average Bonchev–Trinajstić information content (AvgIpc) is 2.45. The van der Waals surface area contributed by atoms with E-state index in [1.165, 1.54) is 7.11 Å². The van der Waals surface area contributed by atoms with Crippen molar-refractivity contribution < 1.29 is 28.6 Å². The number of hydrogen-bond donors (Lipinski definition) is 0. The van der Waals surface area contributed by atoms with Crippen molar-refractivity contribution in [3.63, 3.8) is 0 Å². The van der Waals surface area contributed by atoms with Crippen LogP contribution in [0, 0.1) is 11.8 Å². The molecule has 122 valence electrons. The fourth-order valence-electron chi connectivity index (χ4n) is 2.43. The Morgan fingerprint density at radius 3 is 2.09 bits per heavy atom. The number of aliphatic imine (C=N–C) groups is 1. The van der Waals surface area contributed by atoms with Crippen LogP contribution < -0.4 is 0 Å². The zero-order valence-corrected chi connectivity index (χ0v) is 13.5. The Morgan fingerprint density at radius 1 is 1.00 bits per heavy atom. The van der Waals surface area contributed by atoms with E-state index in [1.54, 1.807) is 27.7 Å².